The summed E-state index contributed by atoms with van der Waals surface area (Å²) in [4.78, 5) is 8.73. The maximum Gasteiger partial charge on any atom is 0.191 e. The van der Waals surface area contributed by atoms with Gasteiger partial charge in [-0.25, -0.2) is 0 Å². The predicted molar refractivity (Wildman–Crippen MR) is 121 cm³/mol. The summed E-state index contributed by atoms with van der Waals surface area (Å²) in [5.74, 6) is 0.836. The summed E-state index contributed by atoms with van der Waals surface area (Å²) in [6, 6.07) is 16.8. The minimum atomic E-state index is 0. The topological polar surface area (TPSA) is 58.5 Å². The second-order valence-corrected chi connectivity index (χ2v) is 6.68. The van der Waals surface area contributed by atoms with E-state index in [9.17, 15) is 0 Å². The highest BCUT2D eigenvalue weighted by Gasteiger charge is 2.34. The SMILES string of the molecule is CN=C(NCCc1ccccn1)NCC1(c2ccccc2)CCOCC1.I. The predicted octanol–water partition coefficient (Wildman–Crippen LogP) is 3.16. The molecular formula is C21H29IN4O. The lowest BCUT2D eigenvalue weighted by Crippen LogP contribution is -2.48. The standard InChI is InChI=1S/C21H28N4O.HI/c1-22-20(24-14-10-19-9-5-6-13-23-19)25-17-21(11-15-26-16-12-21)18-7-3-2-4-8-18;/h2-9,13H,10-12,14-17H2,1H3,(H2,22,24,25);1H. The largest absolute Gasteiger partial charge is 0.381 e. The molecule has 6 heteroatoms. The van der Waals surface area contributed by atoms with Crippen LogP contribution in [-0.4, -0.2) is 44.3 Å². The molecule has 1 aliphatic heterocycles. The van der Waals surface area contributed by atoms with Gasteiger partial charge in [-0.1, -0.05) is 36.4 Å². The van der Waals surface area contributed by atoms with Gasteiger partial charge in [0, 0.05) is 57.1 Å². The summed E-state index contributed by atoms with van der Waals surface area (Å²) < 4.78 is 5.61. The maximum atomic E-state index is 5.61. The van der Waals surface area contributed by atoms with Gasteiger partial charge < -0.3 is 15.4 Å². The van der Waals surface area contributed by atoms with Crippen LogP contribution in [-0.2, 0) is 16.6 Å². The van der Waals surface area contributed by atoms with E-state index in [1.807, 2.05) is 31.4 Å². The number of pyridine rings is 1. The van der Waals surface area contributed by atoms with Crippen LogP contribution in [0.5, 0.6) is 0 Å². The number of nitrogens with one attached hydrogen (secondary N) is 2. The Morgan fingerprint density at radius 3 is 2.48 bits per heavy atom. The molecule has 2 aromatic rings. The third kappa shape index (κ3) is 6.17. The molecule has 2 heterocycles. The molecule has 1 aliphatic rings. The monoisotopic (exact) mass is 480 g/mol. The molecule has 1 saturated heterocycles. The van der Waals surface area contributed by atoms with Crippen LogP contribution in [0.15, 0.2) is 59.7 Å². The van der Waals surface area contributed by atoms with E-state index in [1.165, 1.54) is 5.56 Å². The molecule has 3 rings (SSSR count). The number of aliphatic imine (C=N–C) groups is 1. The van der Waals surface area contributed by atoms with Gasteiger partial charge in [0.2, 0.25) is 0 Å². The van der Waals surface area contributed by atoms with Crippen molar-refractivity contribution in [3.05, 3.63) is 66.0 Å². The molecular weight excluding hydrogens is 451 g/mol. The van der Waals surface area contributed by atoms with E-state index in [-0.39, 0.29) is 29.4 Å². The van der Waals surface area contributed by atoms with Crippen molar-refractivity contribution in [1.29, 1.82) is 0 Å². The van der Waals surface area contributed by atoms with E-state index < -0.39 is 0 Å². The summed E-state index contributed by atoms with van der Waals surface area (Å²) in [6.07, 6.45) is 4.75. The number of aromatic nitrogens is 1. The average molecular weight is 480 g/mol. The summed E-state index contributed by atoms with van der Waals surface area (Å²) in [6.45, 7) is 3.27. The molecule has 0 radical (unpaired) electrons. The van der Waals surface area contributed by atoms with Crippen LogP contribution < -0.4 is 10.6 Å². The molecule has 0 atom stereocenters. The van der Waals surface area contributed by atoms with Gasteiger partial charge in [-0.05, 0) is 30.5 Å². The molecule has 1 aromatic carbocycles. The Morgan fingerprint density at radius 2 is 1.81 bits per heavy atom. The Bertz CT molecular complexity index is 688. The Balaban J connectivity index is 0.00000261. The zero-order valence-corrected chi connectivity index (χ0v) is 18.2. The van der Waals surface area contributed by atoms with Gasteiger partial charge >= 0.3 is 0 Å². The number of rotatable bonds is 6. The van der Waals surface area contributed by atoms with Gasteiger partial charge in [0.1, 0.15) is 0 Å². The van der Waals surface area contributed by atoms with Crippen molar-refractivity contribution in [2.75, 3.05) is 33.4 Å². The third-order valence-corrected chi connectivity index (χ3v) is 5.05. The van der Waals surface area contributed by atoms with Gasteiger partial charge in [-0.2, -0.15) is 0 Å². The van der Waals surface area contributed by atoms with Crippen molar-refractivity contribution in [3.63, 3.8) is 0 Å². The zero-order valence-electron chi connectivity index (χ0n) is 15.9. The Morgan fingerprint density at radius 1 is 1.07 bits per heavy atom. The first kappa shape index (κ1) is 21.6. The van der Waals surface area contributed by atoms with Crippen LogP contribution in [0, 0.1) is 0 Å². The van der Waals surface area contributed by atoms with Crippen LogP contribution in [0.25, 0.3) is 0 Å². The number of benzene rings is 1. The lowest BCUT2D eigenvalue weighted by Gasteiger charge is -2.38. The second kappa shape index (κ2) is 11.2. The lowest BCUT2D eigenvalue weighted by atomic mass is 9.74. The molecule has 0 saturated carbocycles. The minimum Gasteiger partial charge on any atom is -0.381 e. The highest BCUT2D eigenvalue weighted by atomic mass is 127. The quantitative estimate of drug-likeness (QED) is 0.379. The normalized spacial score (nSPS) is 16.3. The molecule has 5 nitrogen and oxygen atoms in total. The smallest absolute Gasteiger partial charge is 0.191 e. The average Bonchev–Trinajstić information content (AvgIpc) is 2.72. The molecule has 0 spiro atoms. The van der Waals surface area contributed by atoms with E-state index in [0.29, 0.717) is 0 Å². The Kier molecular flexibility index (Phi) is 9.00. The number of nitrogens with zero attached hydrogens (tertiary/aromatic N) is 2. The molecule has 1 aromatic heterocycles. The summed E-state index contributed by atoms with van der Waals surface area (Å²) >= 11 is 0. The fraction of sp³-hybridized carbons (Fsp3) is 0.429. The molecule has 146 valence electrons. The Labute approximate surface area is 179 Å². The lowest BCUT2D eigenvalue weighted by molar-refractivity contribution is 0.0514. The number of ether oxygens (including phenoxy) is 1. The van der Waals surface area contributed by atoms with Crippen molar-refractivity contribution in [2.45, 2.75) is 24.7 Å². The second-order valence-electron chi connectivity index (χ2n) is 6.68. The number of hydrogen-bond donors (Lipinski definition) is 2. The van der Waals surface area contributed by atoms with Gasteiger partial charge in [-0.15, -0.1) is 24.0 Å². The van der Waals surface area contributed by atoms with E-state index >= 15 is 0 Å². The zero-order chi connectivity index (χ0) is 18.1. The van der Waals surface area contributed by atoms with E-state index in [1.54, 1.807) is 0 Å². The Hall–Kier alpha value is -1.67. The van der Waals surface area contributed by atoms with Crippen molar-refractivity contribution < 1.29 is 4.74 Å². The first-order chi connectivity index (χ1) is 12.8. The molecule has 2 N–H and O–H groups in total. The van der Waals surface area contributed by atoms with Crippen molar-refractivity contribution in [3.8, 4) is 0 Å². The van der Waals surface area contributed by atoms with Crippen LogP contribution in [0.1, 0.15) is 24.1 Å². The molecule has 0 unspecified atom stereocenters. The summed E-state index contributed by atoms with van der Waals surface area (Å²) in [5, 5.41) is 6.92. The highest BCUT2D eigenvalue weighted by Crippen LogP contribution is 2.34. The van der Waals surface area contributed by atoms with Crippen LogP contribution in [0.2, 0.25) is 0 Å². The molecule has 27 heavy (non-hydrogen) atoms. The summed E-state index contributed by atoms with van der Waals surface area (Å²) in [7, 11) is 1.81. The van der Waals surface area contributed by atoms with Crippen LogP contribution >= 0.6 is 24.0 Å². The molecule has 1 fully saturated rings. The van der Waals surface area contributed by atoms with E-state index in [4.69, 9.17) is 4.74 Å². The van der Waals surface area contributed by atoms with E-state index in [2.05, 4.69) is 50.9 Å². The van der Waals surface area contributed by atoms with Crippen LogP contribution in [0.4, 0.5) is 0 Å². The minimum absolute atomic E-state index is 0. The maximum absolute atomic E-state index is 5.61. The third-order valence-electron chi connectivity index (χ3n) is 5.05. The van der Waals surface area contributed by atoms with Gasteiger partial charge in [0.25, 0.3) is 0 Å². The molecule has 0 amide bonds. The molecule has 0 bridgehead atoms. The summed E-state index contributed by atoms with van der Waals surface area (Å²) in [5.41, 5.74) is 2.55. The van der Waals surface area contributed by atoms with Gasteiger partial charge in [-0.3, -0.25) is 9.98 Å². The van der Waals surface area contributed by atoms with Crippen molar-refractivity contribution >= 4 is 29.9 Å². The first-order valence-electron chi connectivity index (χ1n) is 9.30. The van der Waals surface area contributed by atoms with E-state index in [0.717, 1.165) is 57.2 Å². The number of halogens is 1. The number of hydrogen-bond acceptors (Lipinski definition) is 3. The van der Waals surface area contributed by atoms with Crippen LogP contribution in [0.3, 0.4) is 0 Å². The van der Waals surface area contributed by atoms with Gasteiger partial charge in [0.15, 0.2) is 5.96 Å². The first-order valence-corrected chi connectivity index (χ1v) is 9.30. The number of guanidine groups is 1. The fourth-order valence-corrected chi connectivity index (χ4v) is 3.45. The fourth-order valence-electron chi connectivity index (χ4n) is 3.45. The van der Waals surface area contributed by atoms with Gasteiger partial charge in [0.05, 0.1) is 0 Å². The van der Waals surface area contributed by atoms with Crippen molar-refractivity contribution in [2.24, 2.45) is 4.99 Å². The van der Waals surface area contributed by atoms with Crippen molar-refractivity contribution in [1.82, 2.24) is 15.6 Å². The molecule has 0 aliphatic carbocycles. The highest BCUT2D eigenvalue weighted by molar-refractivity contribution is 14.0.